The molecule has 0 saturated carbocycles. The van der Waals surface area contributed by atoms with Crippen molar-refractivity contribution in [3.63, 3.8) is 0 Å². The maximum atomic E-state index is 3.98. The third-order valence-electron chi connectivity index (χ3n) is 5.08. The predicted molar refractivity (Wildman–Crippen MR) is 99.6 cm³/mol. The summed E-state index contributed by atoms with van der Waals surface area (Å²) in [7, 11) is 0. The molecule has 22 heavy (non-hydrogen) atoms. The van der Waals surface area contributed by atoms with Crippen molar-refractivity contribution in [2.45, 2.75) is 116 Å². The first-order valence-corrected chi connectivity index (χ1v) is 10.3. The third kappa shape index (κ3) is 10.6. The first-order valence-electron chi connectivity index (χ1n) is 10.3. The quantitative estimate of drug-likeness (QED) is 0.419. The van der Waals surface area contributed by atoms with E-state index >= 15 is 0 Å². The fourth-order valence-corrected chi connectivity index (χ4v) is 3.63. The molecule has 0 bridgehead atoms. The van der Waals surface area contributed by atoms with Crippen LogP contribution in [0.4, 0.5) is 0 Å². The molecule has 2 N–H and O–H groups in total. The molecule has 1 rings (SSSR count). The summed E-state index contributed by atoms with van der Waals surface area (Å²) in [5.41, 5.74) is 0. The molecule has 1 aliphatic heterocycles. The van der Waals surface area contributed by atoms with E-state index in [0.717, 1.165) is 12.1 Å². The zero-order chi connectivity index (χ0) is 15.9. The number of hydrogen-bond acceptors (Lipinski definition) is 2. The van der Waals surface area contributed by atoms with Gasteiger partial charge in [-0.2, -0.15) is 0 Å². The molecule has 1 unspecified atom stereocenters. The van der Waals surface area contributed by atoms with E-state index in [1.54, 1.807) is 0 Å². The monoisotopic (exact) mass is 310 g/mol. The molecular formula is C20H42N2. The minimum Gasteiger partial charge on any atom is -0.315 e. The Labute approximate surface area is 140 Å². The third-order valence-corrected chi connectivity index (χ3v) is 5.08. The van der Waals surface area contributed by atoms with Gasteiger partial charge in [-0.15, -0.1) is 0 Å². The molecular weight excluding hydrogens is 268 g/mol. The van der Waals surface area contributed by atoms with Crippen molar-refractivity contribution in [3.8, 4) is 0 Å². The molecule has 1 atom stereocenters. The van der Waals surface area contributed by atoms with Gasteiger partial charge in [0.2, 0.25) is 0 Å². The Morgan fingerprint density at radius 1 is 0.864 bits per heavy atom. The van der Waals surface area contributed by atoms with Crippen molar-refractivity contribution >= 4 is 0 Å². The summed E-state index contributed by atoms with van der Waals surface area (Å²) in [5, 5.41) is 7.52. The van der Waals surface area contributed by atoms with E-state index in [-0.39, 0.29) is 0 Å². The van der Waals surface area contributed by atoms with Gasteiger partial charge in [0, 0.05) is 18.6 Å². The van der Waals surface area contributed by atoms with E-state index < -0.39 is 0 Å². The number of rotatable bonds is 14. The fraction of sp³-hybridized carbons (Fsp3) is 1.00. The summed E-state index contributed by atoms with van der Waals surface area (Å²) < 4.78 is 0. The Bertz CT molecular complexity index is 210. The highest BCUT2D eigenvalue weighted by atomic mass is 15.0. The normalized spacial score (nSPS) is 19.0. The summed E-state index contributed by atoms with van der Waals surface area (Å²) in [6.07, 6.45) is 19.6. The van der Waals surface area contributed by atoms with Crippen LogP contribution in [0.5, 0.6) is 0 Å². The van der Waals surface area contributed by atoms with Gasteiger partial charge in [-0.1, -0.05) is 78.1 Å². The summed E-state index contributed by atoms with van der Waals surface area (Å²) >= 11 is 0. The second-order valence-electron chi connectivity index (χ2n) is 7.31. The van der Waals surface area contributed by atoms with Crippen LogP contribution in [0.1, 0.15) is 104 Å². The van der Waals surface area contributed by atoms with Gasteiger partial charge in [-0.25, -0.2) is 0 Å². The van der Waals surface area contributed by atoms with Crippen LogP contribution in [0.15, 0.2) is 0 Å². The summed E-state index contributed by atoms with van der Waals surface area (Å²) in [4.78, 5) is 0. The summed E-state index contributed by atoms with van der Waals surface area (Å²) in [5.74, 6) is 0. The first-order chi connectivity index (χ1) is 10.9. The number of unbranched alkanes of at least 4 members (excludes halogenated alkanes) is 8. The van der Waals surface area contributed by atoms with Crippen LogP contribution in [0, 0.1) is 0 Å². The lowest BCUT2D eigenvalue weighted by molar-refractivity contribution is 0.319. The van der Waals surface area contributed by atoms with Gasteiger partial charge in [0.05, 0.1) is 0 Å². The zero-order valence-corrected chi connectivity index (χ0v) is 15.5. The Morgan fingerprint density at radius 3 is 1.95 bits per heavy atom. The van der Waals surface area contributed by atoms with Gasteiger partial charge in [0.15, 0.2) is 0 Å². The highest BCUT2D eigenvalue weighted by Crippen LogP contribution is 2.15. The maximum Gasteiger partial charge on any atom is 0.0195 e. The van der Waals surface area contributed by atoms with Gasteiger partial charge >= 0.3 is 0 Å². The van der Waals surface area contributed by atoms with Crippen molar-refractivity contribution in [2.75, 3.05) is 13.1 Å². The molecule has 132 valence electrons. The standard InChI is InChI=1S/C20H42N2/c1-3-5-7-9-11-14-19(15-12-10-8-6-4-2)22-20-16-13-17-21-18-20/h19-22H,3-18H2,1-2H3. The molecule has 0 aromatic carbocycles. The zero-order valence-electron chi connectivity index (χ0n) is 15.5. The predicted octanol–water partition coefficient (Wildman–Crippen LogP) is 5.42. The number of hydrogen-bond donors (Lipinski definition) is 2. The maximum absolute atomic E-state index is 3.98. The average Bonchev–Trinajstić information content (AvgIpc) is 2.55. The second-order valence-corrected chi connectivity index (χ2v) is 7.31. The second kappa shape index (κ2) is 14.5. The van der Waals surface area contributed by atoms with Crippen molar-refractivity contribution in [3.05, 3.63) is 0 Å². The van der Waals surface area contributed by atoms with E-state index in [1.165, 1.54) is 103 Å². The largest absolute Gasteiger partial charge is 0.315 e. The molecule has 2 nitrogen and oxygen atoms in total. The van der Waals surface area contributed by atoms with Gasteiger partial charge in [0.25, 0.3) is 0 Å². The van der Waals surface area contributed by atoms with E-state index in [9.17, 15) is 0 Å². The minimum absolute atomic E-state index is 0.727. The van der Waals surface area contributed by atoms with Crippen LogP contribution in [-0.2, 0) is 0 Å². The smallest absolute Gasteiger partial charge is 0.0195 e. The molecule has 1 aliphatic rings. The molecule has 1 saturated heterocycles. The lowest BCUT2D eigenvalue weighted by Gasteiger charge is -2.29. The SMILES string of the molecule is CCCCCCCC(CCCCCCC)NC1CCCNC1. The Hall–Kier alpha value is -0.0800. The summed E-state index contributed by atoms with van der Waals surface area (Å²) in [6, 6.07) is 1.50. The topological polar surface area (TPSA) is 24.1 Å². The first kappa shape index (κ1) is 20.0. The molecule has 0 spiro atoms. The lowest BCUT2D eigenvalue weighted by atomic mass is 9.98. The number of piperidine rings is 1. The van der Waals surface area contributed by atoms with Crippen LogP contribution in [-0.4, -0.2) is 25.2 Å². The Balaban J connectivity index is 2.18. The molecule has 0 aliphatic carbocycles. The molecule has 0 radical (unpaired) electrons. The van der Waals surface area contributed by atoms with Crippen molar-refractivity contribution < 1.29 is 0 Å². The molecule has 2 heteroatoms. The van der Waals surface area contributed by atoms with Crippen LogP contribution >= 0.6 is 0 Å². The summed E-state index contributed by atoms with van der Waals surface area (Å²) in [6.45, 7) is 7.01. The molecule has 1 heterocycles. The number of nitrogens with one attached hydrogen (secondary N) is 2. The molecule has 1 fully saturated rings. The molecule has 0 aromatic heterocycles. The van der Waals surface area contributed by atoms with Gasteiger partial charge in [0.1, 0.15) is 0 Å². The molecule has 0 amide bonds. The highest BCUT2D eigenvalue weighted by Gasteiger charge is 2.17. The van der Waals surface area contributed by atoms with E-state index in [1.807, 2.05) is 0 Å². The van der Waals surface area contributed by atoms with Crippen molar-refractivity contribution in [1.82, 2.24) is 10.6 Å². The van der Waals surface area contributed by atoms with Crippen molar-refractivity contribution in [2.24, 2.45) is 0 Å². The van der Waals surface area contributed by atoms with Crippen LogP contribution in [0.25, 0.3) is 0 Å². The minimum atomic E-state index is 0.727. The van der Waals surface area contributed by atoms with E-state index in [0.29, 0.717) is 0 Å². The van der Waals surface area contributed by atoms with E-state index in [2.05, 4.69) is 24.5 Å². The average molecular weight is 311 g/mol. The van der Waals surface area contributed by atoms with Crippen LogP contribution in [0.2, 0.25) is 0 Å². The highest BCUT2D eigenvalue weighted by molar-refractivity contribution is 4.79. The van der Waals surface area contributed by atoms with Gasteiger partial charge in [-0.05, 0) is 32.2 Å². The molecule has 0 aromatic rings. The van der Waals surface area contributed by atoms with Crippen molar-refractivity contribution in [1.29, 1.82) is 0 Å². The van der Waals surface area contributed by atoms with Crippen LogP contribution in [0.3, 0.4) is 0 Å². The van der Waals surface area contributed by atoms with Gasteiger partial charge < -0.3 is 10.6 Å². The Kier molecular flexibility index (Phi) is 13.2. The Morgan fingerprint density at radius 2 is 1.45 bits per heavy atom. The fourth-order valence-electron chi connectivity index (χ4n) is 3.63. The lowest BCUT2D eigenvalue weighted by Crippen LogP contribution is -2.47. The van der Waals surface area contributed by atoms with Gasteiger partial charge in [-0.3, -0.25) is 0 Å². The van der Waals surface area contributed by atoms with Crippen LogP contribution < -0.4 is 10.6 Å². The van der Waals surface area contributed by atoms with E-state index in [4.69, 9.17) is 0 Å².